The van der Waals surface area contributed by atoms with Gasteiger partial charge in [-0.1, -0.05) is 29.4 Å². The lowest BCUT2D eigenvalue weighted by molar-refractivity contribution is -0.138. The summed E-state index contributed by atoms with van der Waals surface area (Å²) in [5, 5.41) is 20.9. The summed E-state index contributed by atoms with van der Waals surface area (Å²) in [4.78, 5) is 55.4. The molecule has 0 radical (unpaired) electrons. The van der Waals surface area contributed by atoms with Gasteiger partial charge in [-0.3, -0.25) is 24.5 Å². The molecule has 5 aromatic rings. The number of benzene rings is 2. The second-order valence-corrected chi connectivity index (χ2v) is 8.28. The Kier molecular flexibility index (Phi) is 9.46. The molecular weight excluding hydrogens is 610 g/mol. The molecular formula is C24H18F6N8O6. The van der Waals surface area contributed by atoms with E-state index in [-0.39, 0.29) is 39.5 Å². The maximum atomic E-state index is 12.5. The SMILES string of the molecule is N/C(=N/O)c1ccc(C(F)(F)F)cc1.O=c1[nH]c(=O)c2c(nc(-c3ccc(C(F)(F)F)cc3)n2O)[nH]1.O=c1cc[nH]c(=O)[nH]1. The first kappa shape index (κ1) is 32.4. The van der Waals surface area contributed by atoms with Gasteiger partial charge in [0.15, 0.2) is 22.8 Å². The summed E-state index contributed by atoms with van der Waals surface area (Å²) >= 11 is 0. The fraction of sp³-hybridized carbons (Fsp3) is 0.0833. The predicted molar refractivity (Wildman–Crippen MR) is 140 cm³/mol. The fourth-order valence-electron chi connectivity index (χ4n) is 3.27. The number of imidazole rings is 1. The van der Waals surface area contributed by atoms with Crippen molar-refractivity contribution < 1.29 is 36.8 Å². The Morgan fingerprint density at radius 3 is 1.80 bits per heavy atom. The van der Waals surface area contributed by atoms with Crippen LogP contribution >= 0.6 is 0 Å². The lowest BCUT2D eigenvalue weighted by Crippen LogP contribution is -2.23. The molecule has 3 aromatic heterocycles. The van der Waals surface area contributed by atoms with Gasteiger partial charge in [0.05, 0.1) is 11.1 Å². The Labute approximate surface area is 237 Å². The van der Waals surface area contributed by atoms with Crippen molar-refractivity contribution in [3.8, 4) is 11.4 Å². The zero-order valence-electron chi connectivity index (χ0n) is 21.5. The Hall–Kier alpha value is -6.08. The molecule has 0 atom stereocenters. The van der Waals surface area contributed by atoms with Crippen LogP contribution in [0.25, 0.3) is 22.6 Å². The van der Waals surface area contributed by atoms with Gasteiger partial charge in [-0.15, -0.1) is 0 Å². The number of amidine groups is 1. The summed E-state index contributed by atoms with van der Waals surface area (Å²) in [5.41, 5.74) is 0.904. The number of fused-ring (bicyclic) bond motifs is 1. The molecule has 0 aliphatic carbocycles. The quantitative estimate of drug-likeness (QED) is 0.0382. The van der Waals surface area contributed by atoms with E-state index in [9.17, 15) is 50.7 Å². The van der Waals surface area contributed by atoms with Gasteiger partial charge in [-0.25, -0.2) is 14.6 Å². The van der Waals surface area contributed by atoms with Crippen molar-refractivity contribution in [1.29, 1.82) is 0 Å². The van der Waals surface area contributed by atoms with E-state index in [4.69, 9.17) is 10.9 Å². The van der Waals surface area contributed by atoms with Crippen molar-refractivity contribution in [2.75, 3.05) is 0 Å². The number of hydrogen-bond donors (Lipinski definition) is 7. The molecule has 0 unspecified atom stereocenters. The summed E-state index contributed by atoms with van der Waals surface area (Å²) in [5.74, 6) is -0.394. The molecule has 0 saturated carbocycles. The highest BCUT2D eigenvalue weighted by Crippen LogP contribution is 2.31. The van der Waals surface area contributed by atoms with Crippen LogP contribution in [0.4, 0.5) is 26.3 Å². The van der Waals surface area contributed by atoms with Crippen molar-refractivity contribution in [3.63, 3.8) is 0 Å². The number of oxime groups is 1. The van der Waals surface area contributed by atoms with Crippen molar-refractivity contribution in [2.45, 2.75) is 12.4 Å². The number of aromatic nitrogens is 6. The van der Waals surface area contributed by atoms with Crippen LogP contribution in [0.1, 0.15) is 16.7 Å². The third-order valence-corrected chi connectivity index (χ3v) is 5.30. The molecule has 3 heterocycles. The number of rotatable bonds is 2. The normalized spacial score (nSPS) is 11.7. The molecule has 5 rings (SSSR count). The zero-order valence-corrected chi connectivity index (χ0v) is 21.5. The zero-order chi connectivity index (χ0) is 32.8. The smallest absolute Gasteiger partial charge is 0.416 e. The third kappa shape index (κ3) is 8.02. The van der Waals surface area contributed by atoms with Gasteiger partial charge in [-0.05, 0) is 24.3 Å². The number of halogens is 6. The first-order valence-electron chi connectivity index (χ1n) is 11.6. The minimum atomic E-state index is -4.49. The average molecular weight is 628 g/mol. The largest absolute Gasteiger partial charge is 0.426 e. The molecule has 2 aromatic carbocycles. The highest BCUT2D eigenvalue weighted by molar-refractivity contribution is 5.96. The first-order chi connectivity index (χ1) is 20.5. The Balaban J connectivity index is 0.000000205. The summed E-state index contributed by atoms with van der Waals surface area (Å²) < 4.78 is 74.2. The number of H-pyrrole nitrogens is 4. The van der Waals surface area contributed by atoms with Crippen LogP contribution in [0.5, 0.6) is 0 Å². The van der Waals surface area contributed by atoms with Crippen LogP contribution in [-0.4, -0.2) is 45.9 Å². The molecule has 0 aliphatic heterocycles. The summed E-state index contributed by atoms with van der Waals surface area (Å²) in [6, 6.07) is 9.09. The van der Waals surface area contributed by atoms with Crippen LogP contribution < -0.4 is 28.2 Å². The fourth-order valence-corrected chi connectivity index (χ4v) is 3.27. The highest BCUT2D eigenvalue weighted by Gasteiger charge is 2.31. The van der Waals surface area contributed by atoms with E-state index in [1.165, 1.54) is 12.3 Å². The number of aromatic amines is 4. The molecule has 0 spiro atoms. The topological polar surface area (TPSA) is 228 Å². The second-order valence-electron chi connectivity index (χ2n) is 8.28. The summed E-state index contributed by atoms with van der Waals surface area (Å²) in [7, 11) is 0. The van der Waals surface area contributed by atoms with E-state index in [1.54, 1.807) is 0 Å². The van der Waals surface area contributed by atoms with E-state index in [1.807, 2.05) is 9.97 Å². The molecule has 0 fully saturated rings. The monoisotopic (exact) mass is 628 g/mol. The second kappa shape index (κ2) is 12.8. The van der Waals surface area contributed by atoms with E-state index >= 15 is 0 Å². The number of hydrogen-bond acceptors (Lipinski definition) is 8. The van der Waals surface area contributed by atoms with Gasteiger partial charge in [-0.2, -0.15) is 31.1 Å². The molecule has 0 aliphatic rings. The highest BCUT2D eigenvalue weighted by atomic mass is 19.4. The van der Waals surface area contributed by atoms with Crippen LogP contribution in [0, 0.1) is 0 Å². The van der Waals surface area contributed by atoms with Crippen molar-refractivity contribution in [3.05, 3.63) is 119 Å². The lowest BCUT2D eigenvalue weighted by atomic mass is 10.1. The van der Waals surface area contributed by atoms with Crippen LogP contribution in [0.3, 0.4) is 0 Å². The molecule has 0 bridgehead atoms. The summed E-state index contributed by atoms with van der Waals surface area (Å²) in [6.07, 6.45) is -7.56. The van der Waals surface area contributed by atoms with E-state index in [0.717, 1.165) is 48.5 Å². The third-order valence-electron chi connectivity index (χ3n) is 5.30. The minimum Gasteiger partial charge on any atom is -0.426 e. The Morgan fingerprint density at radius 2 is 1.34 bits per heavy atom. The van der Waals surface area contributed by atoms with Gasteiger partial charge in [0.1, 0.15) is 0 Å². The van der Waals surface area contributed by atoms with Crippen molar-refractivity contribution >= 4 is 17.0 Å². The molecule has 8 N–H and O–H groups in total. The van der Waals surface area contributed by atoms with Crippen LogP contribution in [0.2, 0.25) is 0 Å². The standard InChI is InChI=1S/C12H7F3N4O3.C8H7F3N2O.C4H4N2O2/c13-12(14,15)6-3-1-5(2-4-6)9-16-8-7(19(9)22)10(20)18-11(21)17-8;9-8(10,11)6-3-1-5(2-4-6)7(12)13-14;7-3-1-2-5-4(8)6-3/h1-4,22H,(H2,17,18,20,21);1-4,14H,(H2,12,13);1-2H,(H2,5,6,7,8). The minimum absolute atomic E-state index is 0.145. The maximum absolute atomic E-state index is 12.5. The number of nitrogens with zero attached hydrogens (tertiary/aromatic N) is 3. The molecule has 14 nitrogen and oxygen atoms in total. The van der Waals surface area contributed by atoms with E-state index < -0.39 is 40.4 Å². The van der Waals surface area contributed by atoms with Crippen LogP contribution in [-0.2, 0) is 12.4 Å². The summed E-state index contributed by atoms with van der Waals surface area (Å²) in [6.45, 7) is 0. The molecule has 44 heavy (non-hydrogen) atoms. The molecule has 20 heteroatoms. The first-order valence-corrected chi connectivity index (χ1v) is 11.6. The Bertz CT molecular complexity index is 1980. The molecule has 0 amide bonds. The predicted octanol–water partition coefficient (Wildman–Crippen LogP) is 2.20. The molecule has 0 saturated heterocycles. The lowest BCUT2D eigenvalue weighted by Gasteiger charge is -2.07. The maximum Gasteiger partial charge on any atom is 0.416 e. The molecule has 232 valence electrons. The van der Waals surface area contributed by atoms with E-state index in [0.29, 0.717) is 4.73 Å². The Morgan fingerprint density at radius 1 is 0.795 bits per heavy atom. The average Bonchev–Trinajstić information content (AvgIpc) is 3.28. The van der Waals surface area contributed by atoms with Gasteiger partial charge < -0.3 is 21.1 Å². The van der Waals surface area contributed by atoms with Gasteiger partial charge in [0.25, 0.3) is 11.1 Å². The van der Waals surface area contributed by atoms with Crippen molar-refractivity contribution in [1.82, 2.24) is 29.7 Å². The van der Waals surface area contributed by atoms with Gasteiger partial charge in [0, 0.05) is 23.4 Å². The van der Waals surface area contributed by atoms with Gasteiger partial charge >= 0.3 is 23.7 Å². The number of alkyl halides is 6. The van der Waals surface area contributed by atoms with Crippen molar-refractivity contribution in [2.24, 2.45) is 10.9 Å². The van der Waals surface area contributed by atoms with Gasteiger partial charge in [0.2, 0.25) is 0 Å². The number of nitrogens with one attached hydrogen (secondary N) is 4. The van der Waals surface area contributed by atoms with Crippen LogP contribution in [0.15, 0.2) is 85.1 Å². The number of nitrogens with two attached hydrogens (primary N) is 1. The van der Waals surface area contributed by atoms with E-state index in [2.05, 4.69) is 20.1 Å².